The Morgan fingerprint density at radius 2 is 2.06 bits per heavy atom. The maximum absolute atomic E-state index is 4.25. The van der Waals surface area contributed by atoms with E-state index < -0.39 is 0 Å². The van der Waals surface area contributed by atoms with Crippen molar-refractivity contribution in [3.63, 3.8) is 0 Å². The van der Waals surface area contributed by atoms with Crippen LogP contribution in [0.1, 0.15) is 36.8 Å². The van der Waals surface area contributed by atoms with Crippen LogP contribution >= 0.6 is 0 Å². The Morgan fingerprint density at radius 1 is 1.22 bits per heavy atom. The first-order valence-corrected chi connectivity index (χ1v) is 6.68. The molecule has 2 aliphatic rings. The number of hydrogen-bond donors (Lipinski definition) is 0. The lowest BCUT2D eigenvalue weighted by atomic mass is 9.81. The van der Waals surface area contributed by atoms with Gasteiger partial charge in [0.25, 0.3) is 0 Å². The van der Waals surface area contributed by atoms with Crippen molar-refractivity contribution in [2.75, 3.05) is 0 Å². The second-order valence-corrected chi connectivity index (χ2v) is 5.25. The molecule has 1 fully saturated rings. The zero-order valence-corrected chi connectivity index (χ0v) is 10.7. The Bertz CT molecular complexity index is 536. The van der Waals surface area contributed by atoms with E-state index in [1.807, 2.05) is 4.58 Å². The number of benzene rings is 1. The molecular weight excluding hydrogens is 218 g/mol. The summed E-state index contributed by atoms with van der Waals surface area (Å²) in [5.41, 5.74) is 5.22. The highest BCUT2D eigenvalue weighted by atomic mass is 15.0. The molecule has 1 nitrogen and oxygen atoms in total. The van der Waals surface area contributed by atoms with Gasteiger partial charge in [-0.15, -0.1) is 6.07 Å². The molecule has 1 aromatic rings. The lowest BCUT2D eigenvalue weighted by Crippen LogP contribution is -2.22. The van der Waals surface area contributed by atoms with Gasteiger partial charge in [-0.05, 0) is 19.3 Å². The van der Waals surface area contributed by atoms with Gasteiger partial charge in [0, 0.05) is 5.92 Å². The van der Waals surface area contributed by atoms with Crippen LogP contribution in [0.4, 0.5) is 0 Å². The fourth-order valence-electron chi connectivity index (χ4n) is 2.98. The summed E-state index contributed by atoms with van der Waals surface area (Å²) in [5, 5.41) is 0. The van der Waals surface area contributed by atoms with E-state index in [0.717, 1.165) is 6.42 Å². The number of allylic oxidation sites excluding steroid dienone is 1. The van der Waals surface area contributed by atoms with Crippen LogP contribution in [0.5, 0.6) is 0 Å². The Morgan fingerprint density at radius 3 is 2.89 bits per heavy atom. The van der Waals surface area contributed by atoms with Crippen LogP contribution in [0, 0.1) is 12.5 Å². The van der Waals surface area contributed by atoms with Crippen molar-refractivity contribution in [3.05, 3.63) is 59.8 Å². The van der Waals surface area contributed by atoms with Crippen LogP contribution < -0.4 is 0 Å². The molecular formula is C17H19N. The minimum Gasteiger partial charge on any atom is -0.274 e. The lowest BCUT2D eigenvalue weighted by Gasteiger charge is -2.30. The van der Waals surface area contributed by atoms with Crippen molar-refractivity contribution < 1.29 is 4.58 Å². The molecule has 1 saturated carbocycles. The highest BCUT2D eigenvalue weighted by molar-refractivity contribution is 5.60. The molecule has 0 bridgehead atoms. The normalized spacial score (nSPS) is 23.1. The molecule has 1 aliphatic carbocycles. The van der Waals surface area contributed by atoms with Gasteiger partial charge in [-0.3, -0.25) is 4.58 Å². The molecule has 3 rings (SSSR count). The van der Waals surface area contributed by atoms with Crippen molar-refractivity contribution in [2.45, 2.75) is 25.7 Å². The van der Waals surface area contributed by atoms with Gasteiger partial charge in [0.1, 0.15) is 12.2 Å². The maximum atomic E-state index is 4.25. The van der Waals surface area contributed by atoms with Crippen molar-refractivity contribution >= 4 is 12.8 Å². The van der Waals surface area contributed by atoms with Gasteiger partial charge < -0.3 is 0 Å². The zero-order valence-electron chi connectivity index (χ0n) is 10.7. The third-order valence-electron chi connectivity index (χ3n) is 4.02. The van der Waals surface area contributed by atoms with Crippen molar-refractivity contribution in [2.24, 2.45) is 5.92 Å². The molecule has 0 radical (unpaired) electrons. The molecule has 1 heteroatoms. The molecule has 0 saturated heterocycles. The summed E-state index contributed by atoms with van der Waals surface area (Å²) >= 11 is 0. The molecule has 0 aromatic heterocycles. The van der Waals surface area contributed by atoms with Gasteiger partial charge in [-0.1, -0.05) is 54.0 Å². The van der Waals surface area contributed by atoms with E-state index in [1.165, 1.54) is 41.7 Å². The summed E-state index contributed by atoms with van der Waals surface area (Å²) in [6.45, 7) is 10.5. The lowest BCUT2D eigenvalue weighted by molar-refractivity contribution is -0.425. The first kappa shape index (κ1) is 11.3. The topological polar surface area (TPSA) is 3.01 Å². The summed E-state index contributed by atoms with van der Waals surface area (Å²) in [4.78, 5) is 0. The van der Waals surface area contributed by atoms with E-state index in [-0.39, 0.29) is 0 Å². The van der Waals surface area contributed by atoms with E-state index in [2.05, 4.69) is 50.2 Å². The van der Waals surface area contributed by atoms with E-state index in [1.54, 1.807) is 0 Å². The summed E-state index contributed by atoms with van der Waals surface area (Å²) in [6, 6.07) is 8.47. The van der Waals surface area contributed by atoms with Crippen LogP contribution in [0.15, 0.2) is 42.1 Å². The molecule has 1 aliphatic heterocycles. The average molecular weight is 237 g/mol. The molecule has 0 spiro atoms. The van der Waals surface area contributed by atoms with Crippen LogP contribution in [-0.2, 0) is 0 Å². The maximum Gasteiger partial charge on any atom is 0.125 e. The van der Waals surface area contributed by atoms with Gasteiger partial charge >= 0.3 is 0 Å². The van der Waals surface area contributed by atoms with Gasteiger partial charge in [0.05, 0.1) is 6.72 Å². The van der Waals surface area contributed by atoms with Gasteiger partial charge in [0.15, 0.2) is 0 Å². The SMILES string of the molecule is C=C1CCCCC1C1=Cc2ccccc2[CH-][N+]1=C. The van der Waals surface area contributed by atoms with Crippen LogP contribution in [0.25, 0.3) is 6.08 Å². The van der Waals surface area contributed by atoms with Crippen molar-refractivity contribution in [1.82, 2.24) is 0 Å². The molecule has 92 valence electrons. The minimum atomic E-state index is 0.487. The highest BCUT2D eigenvalue weighted by Gasteiger charge is 2.27. The fraction of sp³-hybridized carbons (Fsp3) is 0.294. The zero-order chi connectivity index (χ0) is 12.5. The second-order valence-electron chi connectivity index (χ2n) is 5.25. The summed E-state index contributed by atoms with van der Waals surface area (Å²) in [5.74, 6) is 0.487. The van der Waals surface area contributed by atoms with E-state index in [9.17, 15) is 0 Å². The third-order valence-corrected chi connectivity index (χ3v) is 4.02. The van der Waals surface area contributed by atoms with E-state index >= 15 is 0 Å². The number of rotatable bonds is 1. The Balaban J connectivity index is 1.99. The largest absolute Gasteiger partial charge is 0.274 e. The quantitative estimate of drug-likeness (QED) is 0.394. The monoisotopic (exact) mass is 237 g/mol. The van der Waals surface area contributed by atoms with Crippen LogP contribution in [-0.4, -0.2) is 11.3 Å². The minimum absolute atomic E-state index is 0.487. The highest BCUT2D eigenvalue weighted by Crippen LogP contribution is 2.37. The Kier molecular flexibility index (Phi) is 2.83. The van der Waals surface area contributed by atoms with Crippen molar-refractivity contribution in [1.29, 1.82) is 0 Å². The average Bonchev–Trinajstić information content (AvgIpc) is 2.39. The number of fused-ring (bicyclic) bond motifs is 1. The predicted octanol–water partition coefficient (Wildman–Crippen LogP) is 4.01. The Labute approximate surface area is 109 Å². The Hall–Kier alpha value is -1.76. The van der Waals surface area contributed by atoms with Crippen LogP contribution in [0.2, 0.25) is 0 Å². The van der Waals surface area contributed by atoms with E-state index in [0.29, 0.717) is 5.92 Å². The number of hydrogen-bond acceptors (Lipinski definition) is 0. The van der Waals surface area contributed by atoms with E-state index in [4.69, 9.17) is 0 Å². The van der Waals surface area contributed by atoms with Gasteiger partial charge in [0.2, 0.25) is 0 Å². The van der Waals surface area contributed by atoms with Crippen molar-refractivity contribution in [3.8, 4) is 0 Å². The molecule has 1 unspecified atom stereocenters. The molecule has 0 N–H and O–H groups in total. The number of nitrogens with zero attached hydrogens (tertiary/aromatic N) is 1. The molecule has 1 aromatic carbocycles. The molecule has 1 heterocycles. The van der Waals surface area contributed by atoms with Gasteiger partial charge in [-0.2, -0.15) is 0 Å². The smallest absolute Gasteiger partial charge is 0.125 e. The first-order valence-electron chi connectivity index (χ1n) is 6.68. The second kappa shape index (κ2) is 4.49. The third kappa shape index (κ3) is 1.90. The molecule has 0 amide bonds. The molecule has 18 heavy (non-hydrogen) atoms. The first-order chi connectivity index (χ1) is 8.75. The van der Waals surface area contributed by atoms with Crippen LogP contribution in [0.3, 0.4) is 0 Å². The standard InChI is InChI=1S/C17H19N/c1-13-7-3-6-10-16(13)17-11-14-8-4-5-9-15(14)12-18(17)2/h4-5,8-9,11-12,16H,1-3,6-7,10H2. The summed E-state index contributed by atoms with van der Waals surface area (Å²) in [7, 11) is 0. The predicted molar refractivity (Wildman–Crippen MR) is 76.3 cm³/mol. The summed E-state index contributed by atoms with van der Waals surface area (Å²) in [6.07, 6.45) is 7.25. The fourth-order valence-corrected chi connectivity index (χ4v) is 2.98. The molecule has 1 atom stereocenters. The van der Waals surface area contributed by atoms with Gasteiger partial charge in [-0.25, -0.2) is 0 Å². The summed E-state index contributed by atoms with van der Waals surface area (Å²) < 4.78 is 2.03.